The molecule has 1 N–H and O–H groups in total. The third-order valence-corrected chi connectivity index (χ3v) is 6.21. The number of aromatic nitrogens is 2. The van der Waals surface area contributed by atoms with Gasteiger partial charge in [-0.2, -0.15) is 0 Å². The van der Waals surface area contributed by atoms with Gasteiger partial charge in [-0.05, 0) is 62.8 Å². The molecule has 0 aliphatic carbocycles. The van der Waals surface area contributed by atoms with Crippen LogP contribution in [0, 0.1) is 12.8 Å². The van der Waals surface area contributed by atoms with E-state index in [9.17, 15) is 9.90 Å². The maximum Gasteiger partial charge on any atom is 0.274 e. The molecule has 28 heavy (non-hydrogen) atoms. The molecular weight excluding hydrogens is 352 g/mol. The predicted molar refractivity (Wildman–Crippen MR) is 109 cm³/mol. The Kier molecular flexibility index (Phi) is 5.97. The molecule has 4 heterocycles. The highest BCUT2D eigenvalue weighted by atomic mass is 16.3. The number of rotatable bonds is 4. The number of piperidine rings is 1. The zero-order valence-corrected chi connectivity index (χ0v) is 16.9. The summed E-state index contributed by atoms with van der Waals surface area (Å²) in [7, 11) is 0. The zero-order chi connectivity index (χ0) is 19.5. The molecule has 2 aliphatic rings. The van der Waals surface area contributed by atoms with Gasteiger partial charge < -0.3 is 14.4 Å². The van der Waals surface area contributed by atoms with Gasteiger partial charge >= 0.3 is 0 Å². The van der Waals surface area contributed by atoms with Gasteiger partial charge in [0.15, 0.2) is 5.69 Å². The van der Waals surface area contributed by atoms with Crippen LogP contribution in [0.5, 0.6) is 0 Å². The minimum absolute atomic E-state index is 0.0778. The second kappa shape index (κ2) is 8.62. The first-order valence-corrected chi connectivity index (χ1v) is 10.8. The van der Waals surface area contributed by atoms with Crippen LogP contribution < -0.4 is 0 Å². The highest BCUT2D eigenvalue weighted by molar-refractivity contribution is 5.94. The summed E-state index contributed by atoms with van der Waals surface area (Å²) >= 11 is 0. The monoisotopic (exact) mass is 384 g/mol. The van der Waals surface area contributed by atoms with Crippen molar-refractivity contribution in [1.29, 1.82) is 0 Å². The molecule has 2 aliphatic heterocycles. The molecule has 2 saturated heterocycles. The summed E-state index contributed by atoms with van der Waals surface area (Å²) in [5.74, 6) is 0.411. The number of aryl methyl sites for hydroxylation is 1. The summed E-state index contributed by atoms with van der Waals surface area (Å²) in [4.78, 5) is 22.5. The van der Waals surface area contributed by atoms with Crippen molar-refractivity contribution >= 4 is 11.6 Å². The van der Waals surface area contributed by atoms with Crippen LogP contribution in [0.15, 0.2) is 18.3 Å². The Bertz CT molecular complexity index is 823. The topological polar surface area (TPSA) is 61.1 Å². The lowest BCUT2D eigenvalue weighted by atomic mass is 9.99. The normalized spacial score (nSPS) is 21.8. The minimum Gasteiger partial charge on any atom is -0.396 e. The fraction of sp³-hybridized carbons (Fsp3) is 0.636. The van der Waals surface area contributed by atoms with Crippen molar-refractivity contribution in [2.45, 2.75) is 52.0 Å². The van der Waals surface area contributed by atoms with Crippen molar-refractivity contribution < 1.29 is 9.90 Å². The fourth-order valence-corrected chi connectivity index (χ4v) is 4.60. The lowest BCUT2D eigenvalue weighted by molar-refractivity contribution is 0.0751. The number of aliphatic hydroxyl groups excluding tert-OH is 1. The number of imidazole rings is 1. The molecule has 4 rings (SSSR count). The van der Waals surface area contributed by atoms with Crippen LogP contribution >= 0.6 is 0 Å². The largest absolute Gasteiger partial charge is 0.396 e. The van der Waals surface area contributed by atoms with Crippen molar-refractivity contribution in [3.05, 3.63) is 35.3 Å². The lowest BCUT2D eigenvalue weighted by Crippen LogP contribution is -2.38. The van der Waals surface area contributed by atoms with E-state index in [4.69, 9.17) is 4.98 Å². The van der Waals surface area contributed by atoms with E-state index in [2.05, 4.69) is 28.4 Å². The lowest BCUT2D eigenvalue weighted by Gasteiger charge is -2.31. The summed E-state index contributed by atoms with van der Waals surface area (Å²) < 4.78 is 2.08. The third kappa shape index (κ3) is 4.08. The number of aliphatic hydroxyl groups is 1. The molecule has 0 bridgehead atoms. The SMILES string of the molecule is Cc1ccn2c(CN3CCC[C@H](CO)C3)c(C(=O)N3CCCCCC3)nc2c1. The molecule has 0 aromatic carbocycles. The molecule has 0 unspecified atom stereocenters. The van der Waals surface area contributed by atoms with Crippen molar-refractivity contribution in [1.82, 2.24) is 19.2 Å². The van der Waals surface area contributed by atoms with Crippen molar-refractivity contribution in [3.8, 4) is 0 Å². The van der Waals surface area contributed by atoms with Gasteiger partial charge in [0.05, 0.1) is 5.69 Å². The number of carbonyl (C=O) groups is 1. The maximum absolute atomic E-state index is 13.4. The van der Waals surface area contributed by atoms with Crippen LogP contribution in [0.3, 0.4) is 0 Å². The molecule has 6 nitrogen and oxygen atoms in total. The highest BCUT2D eigenvalue weighted by Gasteiger charge is 2.27. The van der Waals surface area contributed by atoms with Gasteiger partial charge in [0.1, 0.15) is 5.65 Å². The van der Waals surface area contributed by atoms with E-state index in [0.717, 1.165) is 68.8 Å². The van der Waals surface area contributed by atoms with Crippen molar-refractivity contribution in [3.63, 3.8) is 0 Å². The van der Waals surface area contributed by atoms with E-state index >= 15 is 0 Å². The molecule has 152 valence electrons. The second-order valence-corrected chi connectivity index (χ2v) is 8.47. The molecule has 0 spiro atoms. The molecule has 1 amide bonds. The van der Waals surface area contributed by atoms with E-state index in [1.165, 1.54) is 12.8 Å². The average molecular weight is 385 g/mol. The summed E-state index contributed by atoms with van der Waals surface area (Å²) in [5, 5.41) is 9.57. The Balaban J connectivity index is 1.66. The number of hydrogen-bond donors (Lipinski definition) is 1. The highest BCUT2D eigenvalue weighted by Crippen LogP contribution is 2.23. The summed E-state index contributed by atoms with van der Waals surface area (Å²) in [5.41, 5.74) is 3.60. The van der Waals surface area contributed by atoms with Crippen LogP contribution in [0.1, 0.15) is 60.3 Å². The minimum atomic E-state index is 0.0778. The number of likely N-dealkylation sites (tertiary alicyclic amines) is 2. The smallest absolute Gasteiger partial charge is 0.274 e. The molecule has 2 fully saturated rings. The molecular formula is C22H32N4O2. The van der Waals surface area contributed by atoms with E-state index in [1.807, 2.05) is 11.1 Å². The number of amides is 1. The number of fused-ring (bicyclic) bond motifs is 1. The summed E-state index contributed by atoms with van der Waals surface area (Å²) in [6.45, 7) is 6.56. The quantitative estimate of drug-likeness (QED) is 0.881. The Labute approximate surface area is 167 Å². The summed E-state index contributed by atoms with van der Waals surface area (Å²) in [6, 6.07) is 4.13. The molecule has 0 radical (unpaired) electrons. The standard InChI is InChI=1S/C22H32N4O2/c1-17-8-12-26-19(15-24-9-6-7-18(14-24)16-27)21(23-20(26)13-17)22(28)25-10-4-2-3-5-11-25/h8,12-13,18,27H,2-7,9-11,14-16H2,1H3/t18-/m0/s1. The van der Waals surface area contributed by atoms with Gasteiger partial charge in [0.25, 0.3) is 5.91 Å². The van der Waals surface area contributed by atoms with Gasteiger partial charge in [0.2, 0.25) is 0 Å². The van der Waals surface area contributed by atoms with Crippen LogP contribution in [0.25, 0.3) is 5.65 Å². The Morgan fingerprint density at radius 2 is 1.96 bits per heavy atom. The van der Waals surface area contributed by atoms with Crippen LogP contribution in [0.2, 0.25) is 0 Å². The molecule has 1 atom stereocenters. The number of nitrogens with zero attached hydrogens (tertiary/aromatic N) is 4. The van der Waals surface area contributed by atoms with Gasteiger partial charge in [-0.25, -0.2) is 4.98 Å². The van der Waals surface area contributed by atoms with Crippen molar-refractivity contribution in [2.75, 3.05) is 32.8 Å². The van der Waals surface area contributed by atoms with Gasteiger partial charge in [-0.1, -0.05) is 12.8 Å². The van der Waals surface area contributed by atoms with Crippen molar-refractivity contribution in [2.24, 2.45) is 5.92 Å². The van der Waals surface area contributed by atoms with Gasteiger partial charge in [-0.3, -0.25) is 9.69 Å². The maximum atomic E-state index is 13.4. The first-order chi connectivity index (χ1) is 13.7. The predicted octanol–water partition coefficient (Wildman–Crippen LogP) is 2.86. The van der Waals surface area contributed by atoms with Gasteiger partial charge in [-0.15, -0.1) is 0 Å². The molecule has 6 heteroatoms. The van der Waals surface area contributed by atoms with Gasteiger partial charge in [0, 0.05) is 39.0 Å². The number of pyridine rings is 1. The van der Waals surface area contributed by atoms with Crippen LogP contribution in [-0.2, 0) is 6.54 Å². The van der Waals surface area contributed by atoms with E-state index in [1.54, 1.807) is 0 Å². The first kappa shape index (κ1) is 19.4. The van der Waals surface area contributed by atoms with E-state index in [0.29, 0.717) is 18.2 Å². The molecule has 0 saturated carbocycles. The summed E-state index contributed by atoms with van der Waals surface area (Å²) in [6.07, 6.45) is 8.79. The van der Waals surface area contributed by atoms with Crippen LogP contribution in [0.4, 0.5) is 0 Å². The number of hydrogen-bond acceptors (Lipinski definition) is 4. The average Bonchev–Trinajstić information content (AvgIpc) is 2.88. The molecule has 2 aromatic heterocycles. The van der Waals surface area contributed by atoms with E-state index < -0.39 is 0 Å². The third-order valence-electron chi connectivity index (χ3n) is 6.21. The Hall–Kier alpha value is -1.92. The molecule has 2 aromatic rings. The zero-order valence-electron chi connectivity index (χ0n) is 16.9. The second-order valence-electron chi connectivity index (χ2n) is 8.47. The number of carbonyl (C=O) groups excluding carboxylic acids is 1. The first-order valence-electron chi connectivity index (χ1n) is 10.8. The Morgan fingerprint density at radius 1 is 1.18 bits per heavy atom. The van der Waals surface area contributed by atoms with E-state index in [-0.39, 0.29) is 12.5 Å². The van der Waals surface area contributed by atoms with Crippen LogP contribution in [-0.4, -0.2) is 63.0 Å². The fourth-order valence-electron chi connectivity index (χ4n) is 4.60. The Morgan fingerprint density at radius 3 is 2.71 bits per heavy atom.